The van der Waals surface area contributed by atoms with Crippen molar-refractivity contribution in [1.29, 1.82) is 0 Å². The molecule has 0 saturated heterocycles. The van der Waals surface area contributed by atoms with Gasteiger partial charge in [0.05, 0.1) is 18.7 Å². The molecular weight excluding hydrogens is 398 g/mol. The molecule has 0 spiro atoms. The summed E-state index contributed by atoms with van der Waals surface area (Å²) in [6, 6.07) is 14.6. The fourth-order valence-electron chi connectivity index (χ4n) is 4.01. The highest BCUT2D eigenvalue weighted by atomic mass is 32.1. The van der Waals surface area contributed by atoms with Gasteiger partial charge in [0.25, 0.3) is 0 Å². The first kappa shape index (κ1) is 19.2. The fourth-order valence-corrected chi connectivity index (χ4v) is 5.15. The number of hydrogen-bond acceptors (Lipinski definition) is 7. The lowest BCUT2D eigenvalue weighted by atomic mass is 10.0. The van der Waals surface area contributed by atoms with Crippen molar-refractivity contribution in [3.63, 3.8) is 0 Å². The minimum atomic E-state index is -0.0698. The molecule has 3 aromatic rings. The number of nitrogens with zero attached hydrogens (tertiary/aromatic N) is 2. The van der Waals surface area contributed by atoms with Crippen LogP contribution in [0.15, 0.2) is 48.7 Å². The average molecular weight is 424 g/mol. The van der Waals surface area contributed by atoms with Crippen LogP contribution in [0.25, 0.3) is 0 Å². The van der Waals surface area contributed by atoms with E-state index >= 15 is 0 Å². The van der Waals surface area contributed by atoms with Gasteiger partial charge < -0.3 is 19.5 Å². The van der Waals surface area contributed by atoms with Gasteiger partial charge in [-0.15, -0.1) is 11.3 Å². The van der Waals surface area contributed by atoms with Crippen molar-refractivity contribution in [2.75, 3.05) is 33.3 Å². The molecule has 2 aromatic carbocycles. The van der Waals surface area contributed by atoms with Crippen molar-refractivity contribution in [3.8, 4) is 17.2 Å². The number of thiazole rings is 1. The van der Waals surface area contributed by atoms with E-state index in [1.165, 1.54) is 16.0 Å². The Labute approximate surface area is 180 Å². The smallest absolute Gasteiger partial charge is 0.231 e. The largest absolute Gasteiger partial charge is 0.497 e. The summed E-state index contributed by atoms with van der Waals surface area (Å²) in [5.74, 6) is 2.51. The van der Waals surface area contributed by atoms with Crippen molar-refractivity contribution in [1.82, 2.24) is 9.88 Å². The molecule has 156 valence electrons. The van der Waals surface area contributed by atoms with E-state index in [2.05, 4.69) is 48.6 Å². The van der Waals surface area contributed by atoms with Gasteiger partial charge in [0.1, 0.15) is 5.75 Å². The summed E-state index contributed by atoms with van der Waals surface area (Å²) in [7, 11) is 5.88. The van der Waals surface area contributed by atoms with Crippen LogP contribution in [0.1, 0.15) is 34.9 Å². The quantitative estimate of drug-likeness (QED) is 0.598. The molecule has 2 aliphatic rings. The number of fused-ring (bicyclic) bond motifs is 1. The maximum absolute atomic E-state index is 5.56. The van der Waals surface area contributed by atoms with E-state index in [9.17, 15) is 0 Å². The van der Waals surface area contributed by atoms with Crippen LogP contribution in [0.3, 0.4) is 0 Å². The summed E-state index contributed by atoms with van der Waals surface area (Å²) in [6.45, 7) is 0.297. The molecule has 6 nitrogen and oxygen atoms in total. The number of benzene rings is 2. The molecule has 1 aromatic heterocycles. The number of methoxy groups -OCH3 is 1. The number of ether oxygens (including phenoxy) is 3. The maximum Gasteiger partial charge on any atom is 0.231 e. The molecule has 0 amide bonds. The van der Waals surface area contributed by atoms with Crippen LogP contribution in [0.5, 0.6) is 17.2 Å². The number of rotatable bonds is 7. The van der Waals surface area contributed by atoms with Crippen molar-refractivity contribution in [2.24, 2.45) is 0 Å². The molecule has 0 radical (unpaired) electrons. The fraction of sp³-hybridized carbons (Fsp3) is 0.348. The number of hydrogen-bond donors (Lipinski definition) is 1. The summed E-state index contributed by atoms with van der Waals surface area (Å²) in [6.07, 6.45) is 4.13. The first-order chi connectivity index (χ1) is 14.6. The third-order valence-corrected chi connectivity index (χ3v) is 6.71. The molecular formula is C23H25N3O3S. The topological polar surface area (TPSA) is 55.9 Å². The zero-order chi connectivity index (χ0) is 20.7. The van der Waals surface area contributed by atoms with E-state index in [-0.39, 0.29) is 11.6 Å². The SMILES string of the molecule is COc1cccc(C(c2cnc(NC3(c4ccc5c(c4)OCO5)CC3)s2)N(C)C)c1. The summed E-state index contributed by atoms with van der Waals surface area (Å²) in [4.78, 5) is 8.10. The number of aromatic nitrogens is 1. The highest BCUT2D eigenvalue weighted by Gasteiger charge is 2.45. The molecule has 1 aliphatic carbocycles. The maximum atomic E-state index is 5.56. The van der Waals surface area contributed by atoms with Crippen LogP contribution < -0.4 is 19.5 Å². The highest BCUT2D eigenvalue weighted by Crippen LogP contribution is 2.51. The van der Waals surface area contributed by atoms with Gasteiger partial charge in [0.15, 0.2) is 16.6 Å². The Kier molecular flexibility index (Phi) is 4.79. The molecule has 30 heavy (non-hydrogen) atoms. The average Bonchev–Trinajstić information content (AvgIpc) is 3.15. The Morgan fingerprint density at radius 1 is 1.13 bits per heavy atom. The highest BCUT2D eigenvalue weighted by molar-refractivity contribution is 7.15. The molecule has 1 atom stereocenters. The molecule has 1 fully saturated rings. The molecule has 5 rings (SSSR count). The van der Waals surface area contributed by atoms with Gasteiger partial charge in [-0.3, -0.25) is 4.90 Å². The Morgan fingerprint density at radius 3 is 2.73 bits per heavy atom. The van der Waals surface area contributed by atoms with Gasteiger partial charge in [-0.1, -0.05) is 18.2 Å². The van der Waals surface area contributed by atoms with Crippen LogP contribution >= 0.6 is 11.3 Å². The molecule has 0 bridgehead atoms. The van der Waals surface area contributed by atoms with Gasteiger partial charge in [-0.2, -0.15) is 0 Å². The summed E-state index contributed by atoms with van der Waals surface area (Å²) in [5.41, 5.74) is 2.34. The predicted molar refractivity (Wildman–Crippen MR) is 118 cm³/mol. The third-order valence-electron chi connectivity index (χ3n) is 5.74. The van der Waals surface area contributed by atoms with Gasteiger partial charge in [0.2, 0.25) is 6.79 Å². The predicted octanol–water partition coefficient (Wildman–Crippen LogP) is 4.63. The summed E-state index contributed by atoms with van der Waals surface area (Å²) >= 11 is 1.70. The Hall–Kier alpha value is -2.77. The summed E-state index contributed by atoms with van der Waals surface area (Å²) in [5, 5.41) is 4.63. The van der Waals surface area contributed by atoms with E-state index in [1.54, 1.807) is 18.4 Å². The van der Waals surface area contributed by atoms with E-state index in [0.29, 0.717) is 6.79 Å². The lowest BCUT2D eigenvalue weighted by molar-refractivity contribution is 0.174. The van der Waals surface area contributed by atoms with E-state index in [4.69, 9.17) is 19.2 Å². The molecule has 1 unspecified atom stereocenters. The molecule has 1 N–H and O–H groups in total. The second-order valence-electron chi connectivity index (χ2n) is 7.99. The van der Waals surface area contributed by atoms with Gasteiger partial charge in [0, 0.05) is 11.1 Å². The van der Waals surface area contributed by atoms with Gasteiger partial charge >= 0.3 is 0 Å². The minimum absolute atomic E-state index is 0.0698. The zero-order valence-corrected chi connectivity index (χ0v) is 18.2. The van der Waals surface area contributed by atoms with Crippen LogP contribution in [0.4, 0.5) is 5.13 Å². The van der Waals surface area contributed by atoms with Crippen molar-refractivity contribution in [3.05, 3.63) is 64.7 Å². The van der Waals surface area contributed by atoms with Gasteiger partial charge in [-0.25, -0.2) is 4.98 Å². The normalized spacial score (nSPS) is 17.1. The van der Waals surface area contributed by atoms with Crippen molar-refractivity contribution in [2.45, 2.75) is 24.4 Å². The lowest BCUT2D eigenvalue weighted by Crippen LogP contribution is -2.20. The van der Waals surface area contributed by atoms with E-state index in [0.717, 1.165) is 35.2 Å². The Balaban J connectivity index is 1.39. The van der Waals surface area contributed by atoms with Crippen molar-refractivity contribution < 1.29 is 14.2 Å². The van der Waals surface area contributed by atoms with E-state index < -0.39 is 0 Å². The van der Waals surface area contributed by atoms with Crippen LogP contribution in [0, 0.1) is 0 Å². The second-order valence-corrected chi connectivity index (χ2v) is 9.05. The van der Waals surface area contributed by atoms with Crippen LogP contribution in [-0.2, 0) is 5.54 Å². The minimum Gasteiger partial charge on any atom is -0.497 e. The van der Waals surface area contributed by atoms with Gasteiger partial charge in [-0.05, 0) is 62.3 Å². The second kappa shape index (κ2) is 7.49. The Morgan fingerprint density at radius 2 is 1.97 bits per heavy atom. The van der Waals surface area contributed by atoms with Crippen LogP contribution in [-0.4, -0.2) is 37.9 Å². The molecule has 1 saturated carbocycles. The first-order valence-corrected chi connectivity index (χ1v) is 10.8. The monoisotopic (exact) mass is 423 g/mol. The Bertz CT molecular complexity index is 1060. The lowest BCUT2D eigenvalue weighted by Gasteiger charge is -2.23. The third kappa shape index (κ3) is 3.48. The molecule has 1 aliphatic heterocycles. The van der Waals surface area contributed by atoms with Crippen molar-refractivity contribution >= 4 is 16.5 Å². The molecule has 2 heterocycles. The van der Waals surface area contributed by atoms with E-state index in [1.807, 2.05) is 24.4 Å². The first-order valence-electron chi connectivity index (χ1n) is 10.0. The standard InChI is InChI=1S/C23H25N3O3S/c1-26(2)21(15-5-4-6-17(11-15)27-3)20-13-24-22(30-20)25-23(9-10-23)16-7-8-18-19(12-16)29-14-28-18/h4-8,11-13,21H,9-10,14H2,1-3H3,(H,24,25). The summed E-state index contributed by atoms with van der Waals surface area (Å²) < 4.78 is 16.4. The zero-order valence-electron chi connectivity index (χ0n) is 17.3. The number of anilines is 1. The van der Waals surface area contributed by atoms with Crippen LogP contribution in [0.2, 0.25) is 0 Å². The number of nitrogens with one attached hydrogen (secondary N) is 1. The molecule has 7 heteroatoms.